The topological polar surface area (TPSA) is 149 Å². The average molecular weight is 330 g/mol. The lowest BCUT2D eigenvalue weighted by atomic mass is 9.86. The number of nitrogens with two attached hydrogens (primary N) is 1. The van der Waals surface area contributed by atoms with Crippen molar-refractivity contribution in [3.8, 4) is 0 Å². The summed E-state index contributed by atoms with van der Waals surface area (Å²) in [4.78, 5) is 39.0. The van der Waals surface area contributed by atoms with Gasteiger partial charge in [-0.25, -0.2) is 4.57 Å². The highest BCUT2D eigenvalue weighted by molar-refractivity contribution is 7.51. The molecule has 122 valence electrons. The van der Waals surface area contributed by atoms with E-state index < -0.39 is 7.60 Å². The molecule has 0 radical (unpaired) electrons. The molecule has 0 amide bonds. The van der Waals surface area contributed by atoms with Gasteiger partial charge in [0.1, 0.15) is 0 Å². The summed E-state index contributed by atoms with van der Waals surface area (Å²) in [6, 6.07) is 0. The van der Waals surface area contributed by atoms with Crippen LogP contribution in [0.25, 0.3) is 11.2 Å². The van der Waals surface area contributed by atoms with Crippen LogP contribution in [0.3, 0.4) is 0 Å². The van der Waals surface area contributed by atoms with Crippen LogP contribution in [0.4, 0.5) is 5.95 Å². The Morgan fingerprint density at radius 3 is 2.73 bits per heavy atom. The number of hydrogen-bond donors (Lipinski definition) is 5. The molecule has 0 aromatic carbocycles. The number of aryl methyl sites for hydroxylation is 1. The van der Waals surface area contributed by atoms with Crippen molar-refractivity contribution >= 4 is 24.7 Å². The molecule has 0 atom stereocenters. The number of nitrogen functional groups attached to an aromatic ring is 1. The SMILES string of the molecule is CC(C)(CC[n+]1c[nH]c2c(=O)[nH]c(N)nc21)CCP(=O)(O)O. The standard InChI is InChI=1S/C12H20N5O4P/c1-12(2,4-6-22(19,20)21)3-5-17-7-14-8-9(17)15-11(13)16-10(8)18/h7H,3-6H2,1-2H3,(H5,13,15,16,18,19,20,21)/p+1. The van der Waals surface area contributed by atoms with Gasteiger partial charge < -0.3 is 15.5 Å². The molecule has 9 nitrogen and oxygen atoms in total. The van der Waals surface area contributed by atoms with Crippen LogP contribution >= 0.6 is 7.60 Å². The molecule has 0 spiro atoms. The molecule has 6 N–H and O–H groups in total. The molecule has 2 rings (SSSR count). The molecule has 10 heteroatoms. The number of fused-ring (bicyclic) bond motifs is 1. The summed E-state index contributed by atoms with van der Waals surface area (Å²) in [5, 5.41) is 0. The van der Waals surface area contributed by atoms with Crippen molar-refractivity contribution in [1.82, 2.24) is 15.0 Å². The third-order valence-corrected chi connectivity index (χ3v) is 4.47. The first-order chi connectivity index (χ1) is 10.1. The smallest absolute Gasteiger partial charge is 0.325 e. The van der Waals surface area contributed by atoms with E-state index in [-0.39, 0.29) is 23.1 Å². The molecule has 0 saturated carbocycles. The zero-order valence-electron chi connectivity index (χ0n) is 12.5. The van der Waals surface area contributed by atoms with E-state index in [1.807, 2.05) is 13.8 Å². The third-order valence-electron chi connectivity index (χ3n) is 3.66. The van der Waals surface area contributed by atoms with Crippen molar-refractivity contribution in [2.24, 2.45) is 5.41 Å². The van der Waals surface area contributed by atoms with Gasteiger partial charge in [-0.15, -0.1) is 0 Å². The van der Waals surface area contributed by atoms with E-state index in [9.17, 15) is 9.36 Å². The summed E-state index contributed by atoms with van der Waals surface area (Å²) < 4.78 is 12.8. The van der Waals surface area contributed by atoms with Crippen LogP contribution in [-0.2, 0) is 11.1 Å². The van der Waals surface area contributed by atoms with E-state index in [0.29, 0.717) is 30.6 Å². The molecule has 0 bridgehead atoms. The highest BCUT2D eigenvalue weighted by Gasteiger charge is 2.25. The van der Waals surface area contributed by atoms with Crippen molar-refractivity contribution < 1.29 is 18.9 Å². The van der Waals surface area contributed by atoms with Gasteiger partial charge in [0.25, 0.3) is 11.5 Å². The third kappa shape index (κ3) is 4.16. The summed E-state index contributed by atoms with van der Waals surface area (Å²) in [5.74, 6) is 0.0478. The van der Waals surface area contributed by atoms with E-state index in [4.69, 9.17) is 15.5 Å². The molecule has 2 heterocycles. The van der Waals surface area contributed by atoms with Crippen molar-refractivity contribution in [3.05, 3.63) is 16.7 Å². The maximum atomic E-state index is 11.7. The molecule has 2 aromatic rings. The van der Waals surface area contributed by atoms with Crippen LogP contribution in [0.5, 0.6) is 0 Å². The predicted octanol–water partition coefficient (Wildman–Crippen LogP) is 0.105. The molecule has 0 saturated heterocycles. The second kappa shape index (κ2) is 5.83. The van der Waals surface area contributed by atoms with Crippen molar-refractivity contribution in [1.29, 1.82) is 0 Å². The maximum absolute atomic E-state index is 11.7. The minimum absolute atomic E-state index is 0.0478. The van der Waals surface area contributed by atoms with Gasteiger partial charge in [0.05, 0.1) is 12.7 Å². The largest absolute Gasteiger partial charge is 0.355 e. The second-order valence-corrected chi connectivity index (χ2v) is 7.95. The molecule has 22 heavy (non-hydrogen) atoms. The summed E-state index contributed by atoms with van der Waals surface area (Å²) >= 11 is 0. The first-order valence-corrected chi connectivity index (χ1v) is 8.68. The Balaban J connectivity index is 2.11. The molecule has 2 aromatic heterocycles. The zero-order valence-corrected chi connectivity index (χ0v) is 13.4. The molecule has 0 unspecified atom stereocenters. The Labute approximate surface area is 126 Å². The van der Waals surface area contributed by atoms with Gasteiger partial charge in [-0.2, -0.15) is 0 Å². The number of H-pyrrole nitrogens is 2. The summed E-state index contributed by atoms with van der Waals surface area (Å²) in [7, 11) is -3.99. The normalized spacial score (nSPS) is 12.9. The van der Waals surface area contributed by atoms with Crippen molar-refractivity contribution in [2.75, 3.05) is 11.9 Å². The Hall–Kier alpha value is -1.70. The predicted molar refractivity (Wildman–Crippen MR) is 81.2 cm³/mol. The number of anilines is 1. The average Bonchev–Trinajstić information content (AvgIpc) is 2.77. The van der Waals surface area contributed by atoms with Gasteiger partial charge in [-0.05, 0) is 18.3 Å². The number of imidazole rings is 1. The van der Waals surface area contributed by atoms with Gasteiger partial charge in [0, 0.05) is 0 Å². The molecular weight excluding hydrogens is 309 g/mol. The van der Waals surface area contributed by atoms with E-state index >= 15 is 0 Å². The Kier molecular flexibility index (Phi) is 4.42. The van der Waals surface area contributed by atoms with E-state index in [1.165, 1.54) is 0 Å². The minimum atomic E-state index is -3.99. The second-order valence-electron chi connectivity index (χ2n) is 6.17. The van der Waals surface area contributed by atoms with Crippen LogP contribution in [-0.4, -0.2) is 30.9 Å². The molecular formula is C12H21N5O4P+. The van der Waals surface area contributed by atoms with Gasteiger partial charge in [-0.1, -0.05) is 18.8 Å². The Bertz CT molecular complexity index is 775. The van der Waals surface area contributed by atoms with E-state index in [2.05, 4.69) is 15.0 Å². The van der Waals surface area contributed by atoms with Crippen molar-refractivity contribution in [3.63, 3.8) is 0 Å². The van der Waals surface area contributed by atoms with Crippen LogP contribution < -0.4 is 15.9 Å². The summed E-state index contributed by atoms with van der Waals surface area (Å²) in [6.45, 7) is 4.46. The monoisotopic (exact) mass is 330 g/mol. The fourth-order valence-corrected chi connectivity index (χ4v) is 3.08. The highest BCUT2D eigenvalue weighted by atomic mass is 31.2. The molecule has 0 fully saturated rings. The van der Waals surface area contributed by atoms with E-state index in [1.54, 1.807) is 10.9 Å². The number of rotatable bonds is 6. The van der Waals surface area contributed by atoms with Crippen molar-refractivity contribution in [2.45, 2.75) is 33.2 Å². The first-order valence-electron chi connectivity index (χ1n) is 6.88. The number of nitrogens with zero attached hydrogens (tertiary/aromatic N) is 2. The van der Waals surface area contributed by atoms with Crippen LogP contribution in [0.1, 0.15) is 26.7 Å². The van der Waals surface area contributed by atoms with Gasteiger partial charge in [-0.3, -0.25) is 19.3 Å². The Morgan fingerprint density at radius 1 is 1.41 bits per heavy atom. The fourth-order valence-electron chi connectivity index (χ4n) is 2.19. The Morgan fingerprint density at radius 2 is 2.09 bits per heavy atom. The van der Waals surface area contributed by atoms with Gasteiger partial charge >= 0.3 is 13.2 Å². The molecule has 0 aliphatic carbocycles. The number of aromatic amines is 2. The number of hydrogen-bond acceptors (Lipinski definition) is 4. The lowest BCUT2D eigenvalue weighted by Gasteiger charge is -2.23. The number of aromatic nitrogens is 4. The molecule has 0 aliphatic heterocycles. The van der Waals surface area contributed by atoms with Gasteiger partial charge in [0.2, 0.25) is 5.52 Å². The maximum Gasteiger partial charge on any atom is 0.325 e. The summed E-state index contributed by atoms with van der Waals surface area (Å²) in [5.41, 5.74) is 5.79. The lowest BCUT2D eigenvalue weighted by molar-refractivity contribution is -0.675. The fraction of sp³-hybridized carbons (Fsp3) is 0.583. The lowest BCUT2D eigenvalue weighted by Crippen LogP contribution is -2.36. The van der Waals surface area contributed by atoms with Crippen LogP contribution in [0.15, 0.2) is 11.1 Å². The van der Waals surface area contributed by atoms with Crippen LogP contribution in [0.2, 0.25) is 0 Å². The minimum Gasteiger partial charge on any atom is -0.355 e. The summed E-state index contributed by atoms with van der Waals surface area (Å²) in [6.07, 6.45) is 2.60. The highest BCUT2D eigenvalue weighted by Crippen LogP contribution is 2.39. The first kappa shape index (κ1) is 16.7. The quantitative estimate of drug-likeness (QED) is 0.375. The van der Waals surface area contributed by atoms with E-state index in [0.717, 1.165) is 0 Å². The number of nitrogens with one attached hydrogen (secondary N) is 2. The zero-order chi connectivity index (χ0) is 16.5. The van der Waals surface area contributed by atoms with Crippen LogP contribution in [0, 0.1) is 5.41 Å². The van der Waals surface area contributed by atoms with Gasteiger partial charge in [0.15, 0.2) is 6.33 Å². The molecule has 0 aliphatic rings.